The van der Waals surface area contributed by atoms with Gasteiger partial charge in [0.1, 0.15) is 0 Å². The summed E-state index contributed by atoms with van der Waals surface area (Å²) in [5.74, 6) is -2.81. The third-order valence-corrected chi connectivity index (χ3v) is 2.31. The van der Waals surface area contributed by atoms with Gasteiger partial charge in [0.2, 0.25) is 0 Å². The Hall–Kier alpha value is -1.49. The second-order valence-corrected chi connectivity index (χ2v) is 3.42. The van der Waals surface area contributed by atoms with Gasteiger partial charge in [-0.3, -0.25) is 4.79 Å². The van der Waals surface area contributed by atoms with Gasteiger partial charge in [-0.25, -0.2) is 8.78 Å². The summed E-state index contributed by atoms with van der Waals surface area (Å²) < 4.78 is 26.1. The molecule has 0 aliphatic carbocycles. The number of benzene rings is 1. The van der Waals surface area contributed by atoms with E-state index in [2.05, 4.69) is 5.32 Å². The maximum absolute atomic E-state index is 13.2. The molecule has 1 rings (SSSR count). The van der Waals surface area contributed by atoms with Crippen LogP contribution in [0, 0.1) is 11.6 Å². The first-order chi connectivity index (χ1) is 7.60. The monoisotopic (exact) mass is 228 g/mol. The van der Waals surface area contributed by atoms with Crippen LogP contribution in [0.1, 0.15) is 23.7 Å². The number of hydrogen-bond acceptors (Lipinski definition) is 2. The standard InChI is InChI=1S/C11H14F2N2O/c1-2-7(6-14)15-11(16)8-4-3-5-9(12)10(8)13/h3-5,7H,2,6,14H2,1H3,(H,15,16). The predicted octanol–water partition coefficient (Wildman–Crippen LogP) is 1.43. The summed E-state index contributed by atoms with van der Waals surface area (Å²) >= 11 is 0. The maximum atomic E-state index is 13.2. The van der Waals surface area contributed by atoms with E-state index in [9.17, 15) is 13.6 Å². The normalized spacial score (nSPS) is 12.2. The van der Waals surface area contributed by atoms with Gasteiger partial charge in [-0.2, -0.15) is 0 Å². The zero-order chi connectivity index (χ0) is 12.1. The van der Waals surface area contributed by atoms with Crippen molar-refractivity contribution in [3.63, 3.8) is 0 Å². The lowest BCUT2D eigenvalue weighted by molar-refractivity contribution is 0.0932. The van der Waals surface area contributed by atoms with Crippen LogP contribution in [0.3, 0.4) is 0 Å². The van der Waals surface area contributed by atoms with Crippen molar-refractivity contribution in [3.05, 3.63) is 35.4 Å². The van der Waals surface area contributed by atoms with E-state index in [1.807, 2.05) is 6.92 Å². The number of rotatable bonds is 4. The van der Waals surface area contributed by atoms with E-state index in [0.29, 0.717) is 6.42 Å². The van der Waals surface area contributed by atoms with Crippen LogP contribution in [0.5, 0.6) is 0 Å². The molecule has 0 radical (unpaired) electrons. The zero-order valence-corrected chi connectivity index (χ0v) is 8.97. The minimum atomic E-state index is -1.13. The third kappa shape index (κ3) is 2.76. The Kier molecular flexibility index (Phi) is 4.37. The maximum Gasteiger partial charge on any atom is 0.254 e. The highest BCUT2D eigenvalue weighted by molar-refractivity contribution is 5.94. The Morgan fingerprint density at radius 3 is 2.75 bits per heavy atom. The Labute approximate surface area is 92.6 Å². The minimum absolute atomic E-state index is 0.227. The van der Waals surface area contributed by atoms with E-state index < -0.39 is 17.5 Å². The molecular weight excluding hydrogens is 214 g/mol. The molecule has 16 heavy (non-hydrogen) atoms. The fourth-order valence-corrected chi connectivity index (χ4v) is 1.27. The zero-order valence-electron chi connectivity index (χ0n) is 8.97. The van der Waals surface area contributed by atoms with Gasteiger partial charge >= 0.3 is 0 Å². The van der Waals surface area contributed by atoms with Gasteiger partial charge < -0.3 is 11.1 Å². The molecule has 1 amide bonds. The number of nitrogens with two attached hydrogens (primary N) is 1. The van der Waals surface area contributed by atoms with E-state index >= 15 is 0 Å². The average Bonchev–Trinajstić information content (AvgIpc) is 2.29. The van der Waals surface area contributed by atoms with Crippen LogP contribution in [0.2, 0.25) is 0 Å². The van der Waals surface area contributed by atoms with Crippen molar-refractivity contribution in [1.29, 1.82) is 0 Å². The van der Waals surface area contributed by atoms with Crippen molar-refractivity contribution < 1.29 is 13.6 Å². The molecule has 0 aliphatic heterocycles. The summed E-state index contributed by atoms with van der Waals surface area (Å²) in [6, 6.07) is 3.26. The predicted molar refractivity (Wildman–Crippen MR) is 57.0 cm³/mol. The molecule has 1 aromatic rings. The van der Waals surface area contributed by atoms with Crippen molar-refractivity contribution in [3.8, 4) is 0 Å². The van der Waals surface area contributed by atoms with E-state index in [0.717, 1.165) is 6.07 Å². The smallest absolute Gasteiger partial charge is 0.254 e. The summed E-state index contributed by atoms with van der Waals surface area (Å²) in [6.07, 6.45) is 0.638. The van der Waals surface area contributed by atoms with E-state index in [1.54, 1.807) is 0 Å². The van der Waals surface area contributed by atoms with Crippen LogP contribution in [0.15, 0.2) is 18.2 Å². The third-order valence-electron chi connectivity index (χ3n) is 2.31. The quantitative estimate of drug-likeness (QED) is 0.819. The van der Waals surface area contributed by atoms with Crippen LogP contribution < -0.4 is 11.1 Å². The number of hydrogen-bond donors (Lipinski definition) is 2. The summed E-state index contributed by atoms with van der Waals surface area (Å²) in [6.45, 7) is 2.11. The van der Waals surface area contributed by atoms with Crippen LogP contribution in [0.4, 0.5) is 8.78 Å². The number of nitrogens with one attached hydrogen (secondary N) is 1. The van der Waals surface area contributed by atoms with Gasteiger partial charge in [0.15, 0.2) is 11.6 Å². The second kappa shape index (κ2) is 5.55. The highest BCUT2D eigenvalue weighted by Gasteiger charge is 2.16. The van der Waals surface area contributed by atoms with Crippen molar-refractivity contribution in [2.45, 2.75) is 19.4 Å². The van der Waals surface area contributed by atoms with E-state index in [-0.39, 0.29) is 18.2 Å². The highest BCUT2D eigenvalue weighted by atomic mass is 19.2. The van der Waals surface area contributed by atoms with Crippen molar-refractivity contribution in [1.82, 2.24) is 5.32 Å². The molecule has 1 atom stereocenters. The molecule has 0 spiro atoms. The molecule has 5 heteroatoms. The Bertz CT molecular complexity index is 378. The first-order valence-corrected chi connectivity index (χ1v) is 5.05. The first kappa shape index (κ1) is 12.6. The molecule has 0 aliphatic rings. The second-order valence-electron chi connectivity index (χ2n) is 3.42. The largest absolute Gasteiger partial charge is 0.348 e. The van der Waals surface area contributed by atoms with Crippen LogP contribution >= 0.6 is 0 Å². The summed E-state index contributed by atoms with van der Waals surface area (Å²) in [7, 11) is 0. The average molecular weight is 228 g/mol. The molecule has 0 saturated carbocycles. The number of halogens is 2. The Morgan fingerprint density at radius 2 is 2.19 bits per heavy atom. The lowest BCUT2D eigenvalue weighted by atomic mass is 10.1. The minimum Gasteiger partial charge on any atom is -0.348 e. The topological polar surface area (TPSA) is 55.1 Å². The lowest BCUT2D eigenvalue weighted by Crippen LogP contribution is -2.40. The number of carbonyl (C=O) groups is 1. The van der Waals surface area contributed by atoms with Gasteiger partial charge in [-0.15, -0.1) is 0 Å². The molecule has 3 nitrogen and oxygen atoms in total. The van der Waals surface area contributed by atoms with Crippen molar-refractivity contribution >= 4 is 5.91 Å². The Balaban J connectivity index is 2.84. The lowest BCUT2D eigenvalue weighted by Gasteiger charge is -2.14. The Morgan fingerprint density at radius 1 is 1.50 bits per heavy atom. The molecule has 0 bridgehead atoms. The van der Waals surface area contributed by atoms with Crippen molar-refractivity contribution in [2.24, 2.45) is 5.73 Å². The molecule has 0 fully saturated rings. The fraction of sp³-hybridized carbons (Fsp3) is 0.364. The molecule has 0 heterocycles. The number of carbonyl (C=O) groups excluding carboxylic acids is 1. The molecule has 1 aromatic carbocycles. The number of amides is 1. The van der Waals surface area contributed by atoms with E-state index in [1.165, 1.54) is 12.1 Å². The van der Waals surface area contributed by atoms with Crippen LogP contribution in [-0.4, -0.2) is 18.5 Å². The first-order valence-electron chi connectivity index (χ1n) is 5.05. The van der Waals surface area contributed by atoms with Gasteiger partial charge in [-0.05, 0) is 18.6 Å². The summed E-state index contributed by atoms with van der Waals surface area (Å²) in [4.78, 5) is 11.6. The molecule has 0 saturated heterocycles. The van der Waals surface area contributed by atoms with Gasteiger partial charge in [0.25, 0.3) is 5.91 Å². The summed E-state index contributed by atoms with van der Waals surface area (Å²) in [5, 5.41) is 2.53. The molecule has 3 N–H and O–H groups in total. The summed E-state index contributed by atoms with van der Waals surface area (Å²) in [5.41, 5.74) is 5.10. The SMILES string of the molecule is CCC(CN)NC(=O)c1cccc(F)c1F. The fourth-order valence-electron chi connectivity index (χ4n) is 1.27. The van der Waals surface area contributed by atoms with Gasteiger partial charge in [-0.1, -0.05) is 13.0 Å². The molecular formula is C11H14F2N2O. The van der Waals surface area contributed by atoms with Crippen LogP contribution in [-0.2, 0) is 0 Å². The van der Waals surface area contributed by atoms with Gasteiger partial charge in [0.05, 0.1) is 5.56 Å². The highest BCUT2D eigenvalue weighted by Crippen LogP contribution is 2.11. The molecule has 0 aromatic heterocycles. The molecule has 88 valence electrons. The van der Waals surface area contributed by atoms with E-state index in [4.69, 9.17) is 5.73 Å². The van der Waals surface area contributed by atoms with Crippen LogP contribution in [0.25, 0.3) is 0 Å². The molecule has 1 unspecified atom stereocenters. The van der Waals surface area contributed by atoms with Gasteiger partial charge in [0, 0.05) is 12.6 Å². The van der Waals surface area contributed by atoms with Crippen molar-refractivity contribution in [2.75, 3.05) is 6.54 Å².